The van der Waals surface area contributed by atoms with E-state index in [9.17, 15) is 30.7 Å². The highest BCUT2D eigenvalue weighted by Crippen LogP contribution is 2.45. The first kappa shape index (κ1) is 33.6. The van der Waals surface area contributed by atoms with E-state index in [0.717, 1.165) is 17.0 Å². The molecule has 240 valence electrons. The third kappa shape index (κ3) is 8.66. The van der Waals surface area contributed by atoms with Gasteiger partial charge in [0.1, 0.15) is 17.4 Å². The third-order valence-electron chi connectivity index (χ3n) is 8.68. The van der Waals surface area contributed by atoms with Crippen LogP contribution in [0.3, 0.4) is 0 Å². The van der Waals surface area contributed by atoms with Crippen molar-refractivity contribution in [2.75, 3.05) is 0 Å². The Bertz CT molecular complexity index is 1360. The molecule has 44 heavy (non-hydrogen) atoms. The average molecular weight is 629 g/mol. The summed E-state index contributed by atoms with van der Waals surface area (Å²) in [7, 11) is 0. The van der Waals surface area contributed by atoms with Gasteiger partial charge in [0, 0.05) is 6.08 Å². The van der Waals surface area contributed by atoms with E-state index < -0.39 is 47.4 Å². The van der Waals surface area contributed by atoms with Crippen LogP contribution in [0.5, 0.6) is 0 Å². The molecule has 0 atom stereocenters. The van der Waals surface area contributed by atoms with Gasteiger partial charge in [0.2, 0.25) is 0 Å². The highest BCUT2D eigenvalue weighted by molar-refractivity contribution is 5.64. The summed E-state index contributed by atoms with van der Waals surface area (Å²) in [4.78, 5) is 0. The van der Waals surface area contributed by atoms with Gasteiger partial charge in [-0.1, -0.05) is 62.7 Å². The molecule has 2 nitrogen and oxygen atoms in total. The second-order valence-corrected chi connectivity index (χ2v) is 11.9. The number of benzene rings is 2. The summed E-state index contributed by atoms with van der Waals surface area (Å²) in [6, 6.07) is 13.2. The zero-order chi connectivity index (χ0) is 32.2. The van der Waals surface area contributed by atoms with Gasteiger partial charge in [-0.15, -0.1) is 13.2 Å². The minimum Gasteiger partial charge on any atom is -0.433 e. The summed E-state index contributed by atoms with van der Waals surface area (Å²) in [6.07, 6.45) is -3.98. The van der Waals surface area contributed by atoms with Crippen LogP contribution in [0.15, 0.2) is 78.3 Å². The molecule has 0 radical (unpaired) electrons. The Labute approximate surface area is 252 Å². The second-order valence-electron chi connectivity index (χ2n) is 11.9. The summed E-state index contributed by atoms with van der Waals surface area (Å²) in [5, 5.41) is 0. The largest absolute Gasteiger partial charge is 0.573 e. The summed E-state index contributed by atoms with van der Waals surface area (Å²) in [5.74, 6) is -7.12. The zero-order valence-corrected chi connectivity index (χ0v) is 24.6. The van der Waals surface area contributed by atoms with E-state index >= 15 is 4.39 Å². The van der Waals surface area contributed by atoms with Crippen LogP contribution in [0.2, 0.25) is 0 Å². The summed E-state index contributed by atoms with van der Waals surface area (Å²) >= 11 is 0. The smallest absolute Gasteiger partial charge is 0.433 e. The van der Waals surface area contributed by atoms with Crippen LogP contribution in [0.25, 0.3) is 11.1 Å². The van der Waals surface area contributed by atoms with Crippen molar-refractivity contribution in [2.24, 2.45) is 11.8 Å². The molecular weight excluding hydrogens is 592 g/mol. The Kier molecular flexibility index (Phi) is 10.5. The fraction of sp³-hybridized carbons (Fsp3) is 0.471. The maximum absolute atomic E-state index is 15.2. The maximum atomic E-state index is 15.2. The lowest BCUT2D eigenvalue weighted by molar-refractivity contribution is -0.305. The number of allylic oxidation sites excluding steroid dienone is 3. The van der Waals surface area contributed by atoms with Gasteiger partial charge in [-0.05, 0) is 91.5 Å². The molecule has 0 amide bonds. The van der Waals surface area contributed by atoms with Crippen molar-refractivity contribution in [3.63, 3.8) is 0 Å². The minimum atomic E-state index is -5.41. The van der Waals surface area contributed by atoms with E-state index in [1.54, 1.807) is 6.07 Å². The Morgan fingerprint density at radius 2 is 1.36 bits per heavy atom. The SMILES string of the molecule is C=C(/C=C(F)\C(OC(F)(F)F)=C(/C)F)OC(F)(F)C1CCC(c2ccc(-c3ccc(C4CCC(C)CC4)cc3)cc2F)CC1. The average Bonchev–Trinajstić information content (AvgIpc) is 2.95. The van der Waals surface area contributed by atoms with E-state index in [-0.39, 0.29) is 37.7 Å². The van der Waals surface area contributed by atoms with Gasteiger partial charge in [-0.3, -0.25) is 0 Å². The van der Waals surface area contributed by atoms with E-state index in [4.69, 9.17) is 0 Å². The minimum absolute atomic E-state index is 0.0499. The van der Waals surface area contributed by atoms with E-state index in [1.165, 1.54) is 37.3 Å². The third-order valence-corrected chi connectivity index (χ3v) is 8.68. The monoisotopic (exact) mass is 628 g/mol. The van der Waals surface area contributed by atoms with Gasteiger partial charge >= 0.3 is 12.5 Å². The van der Waals surface area contributed by atoms with Crippen molar-refractivity contribution in [1.82, 2.24) is 0 Å². The van der Waals surface area contributed by atoms with Crippen molar-refractivity contribution in [3.05, 3.63) is 95.2 Å². The zero-order valence-electron chi connectivity index (χ0n) is 24.6. The quantitative estimate of drug-likeness (QED) is 0.156. The molecule has 0 bridgehead atoms. The Morgan fingerprint density at radius 3 is 1.91 bits per heavy atom. The molecule has 2 saturated carbocycles. The number of hydrogen-bond acceptors (Lipinski definition) is 2. The van der Waals surface area contributed by atoms with Gasteiger partial charge in [0.05, 0.1) is 5.92 Å². The Morgan fingerprint density at radius 1 is 0.795 bits per heavy atom. The molecule has 0 aromatic heterocycles. The normalized spacial score (nSPS) is 24.0. The van der Waals surface area contributed by atoms with Crippen LogP contribution in [-0.2, 0) is 9.47 Å². The molecule has 2 aliphatic rings. The first-order valence-electron chi connectivity index (χ1n) is 14.8. The lowest BCUT2D eigenvalue weighted by atomic mass is 9.77. The molecule has 0 aliphatic heterocycles. The number of alkyl halides is 5. The molecular formula is C34H36F8O2. The number of rotatable bonds is 9. The van der Waals surface area contributed by atoms with Gasteiger partial charge in [0.15, 0.2) is 11.6 Å². The molecule has 2 aromatic carbocycles. The molecule has 4 rings (SSSR count). The van der Waals surface area contributed by atoms with Crippen LogP contribution in [0, 0.1) is 17.7 Å². The Balaban J connectivity index is 1.34. The molecule has 0 unspecified atom stereocenters. The summed E-state index contributed by atoms with van der Waals surface area (Å²) < 4.78 is 117. The summed E-state index contributed by atoms with van der Waals surface area (Å²) in [6.45, 7) is 5.89. The van der Waals surface area contributed by atoms with E-state index in [1.807, 2.05) is 18.2 Å². The fourth-order valence-electron chi connectivity index (χ4n) is 6.21. The predicted octanol–water partition coefficient (Wildman–Crippen LogP) is 11.8. The van der Waals surface area contributed by atoms with Crippen molar-refractivity contribution in [1.29, 1.82) is 0 Å². The number of ether oxygens (including phenoxy) is 2. The fourth-order valence-corrected chi connectivity index (χ4v) is 6.21. The predicted molar refractivity (Wildman–Crippen MR) is 152 cm³/mol. The van der Waals surface area contributed by atoms with Crippen molar-refractivity contribution >= 4 is 0 Å². The molecule has 2 aromatic rings. The molecule has 2 aliphatic carbocycles. The van der Waals surface area contributed by atoms with E-state index in [0.29, 0.717) is 18.4 Å². The topological polar surface area (TPSA) is 18.5 Å². The maximum Gasteiger partial charge on any atom is 0.573 e. The standard InChI is InChI=1S/C34H36F8O2/c1-20-4-6-23(7-5-20)24-8-10-25(11-9-24)27-14-17-29(30(36)19-27)26-12-15-28(16-13-26)33(38,39)43-21(2)18-31(37)32(22(3)35)44-34(40,41)42/h8-11,14,17-20,23,26,28H,2,4-7,12-13,15-16H2,1,3H3/b31-18+,32-22-. The van der Waals surface area contributed by atoms with Crippen LogP contribution >= 0.6 is 0 Å². The summed E-state index contributed by atoms with van der Waals surface area (Å²) in [5.41, 5.74) is 3.35. The first-order chi connectivity index (χ1) is 20.6. The molecule has 0 N–H and O–H groups in total. The van der Waals surface area contributed by atoms with Crippen molar-refractivity contribution in [2.45, 2.75) is 89.5 Å². The van der Waals surface area contributed by atoms with Crippen LogP contribution in [-0.4, -0.2) is 12.5 Å². The second kappa shape index (κ2) is 13.8. The van der Waals surface area contributed by atoms with Crippen molar-refractivity contribution in [3.8, 4) is 11.1 Å². The Hall–Kier alpha value is -3.30. The highest BCUT2D eigenvalue weighted by atomic mass is 19.4. The molecule has 2 fully saturated rings. The van der Waals surface area contributed by atoms with Gasteiger partial charge in [0.25, 0.3) is 0 Å². The van der Waals surface area contributed by atoms with Gasteiger partial charge < -0.3 is 9.47 Å². The molecule has 0 spiro atoms. The van der Waals surface area contributed by atoms with Gasteiger partial charge in [-0.25, -0.2) is 13.2 Å². The van der Waals surface area contributed by atoms with E-state index in [2.05, 4.69) is 35.1 Å². The molecule has 10 heteroatoms. The number of hydrogen-bond donors (Lipinski definition) is 0. The van der Waals surface area contributed by atoms with Crippen LogP contribution < -0.4 is 0 Å². The number of halogens is 8. The van der Waals surface area contributed by atoms with Gasteiger partial charge in [-0.2, -0.15) is 8.78 Å². The van der Waals surface area contributed by atoms with Crippen molar-refractivity contribution < 1.29 is 44.6 Å². The highest BCUT2D eigenvalue weighted by Gasteiger charge is 2.44. The van der Waals surface area contributed by atoms with Crippen LogP contribution in [0.4, 0.5) is 35.1 Å². The molecule has 0 saturated heterocycles. The molecule has 0 heterocycles. The first-order valence-corrected chi connectivity index (χ1v) is 14.8. The lowest BCUT2D eigenvalue weighted by Gasteiger charge is -2.33. The lowest BCUT2D eigenvalue weighted by Crippen LogP contribution is -2.34. The van der Waals surface area contributed by atoms with Crippen LogP contribution in [0.1, 0.15) is 88.2 Å².